The summed E-state index contributed by atoms with van der Waals surface area (Å²) in [6.07, 6.45) is 3.71. The second-order valence-corrected chi connectivity index (χ2v) is 4.90. The van der Waals surface area contributed by atoms with Crippen molar-refractivity contribution in [2.24, 2.45) is 0 Å². The molecule has 1 fully saturated rings. The third-order valence-corrected chi connectivity index (χ3v) is 3.59. The van der Waals surface area contributed by atoms with Crippen LogP contribution in [0.5, 0.6) is 5.75 Å². The number of aromatic hydroxyl groups is 1. The van der Waals surface area contributed by atoms with Crippen molar-refractivity contribution in [3.63, 3.8) is 0 Å². The highest BCUT2D eigenvalue weighted by Crippen LogP contribution is 2.24. The third-order valence-electron chi connectivity index (χ3n) is 3.35. The van der Waals surface area contributed by atoms with Crippen LogP contribution in [0.3, 0.4) is 0 Å². The molecule has 0 aliphatic heterocycles. The molecule has 0 aromatic heterocycles. The van der Waals surface area contributed by atoms with Gasteiger partial charge in [-0.05, 0) is 37.5 Å². The largest absolute Gasteiger partial charge is 0.508 e. The fraction of sp³-hybridized carbons (Fsp3) is 0.538. The van der Waals surface area contributed by atoms with E-state index < -0.39 is 0 Å². The first-order chi connectivity index (χ1) is 8.20. The predicted octanol–water partition coefficient (Wildman–Crippen LogP) is 2.70. The van der Waals surface area contributed by atoms with Gasteiger partial charge in [-0.1, -0.05) is 11.6 Å². The lowest BCUT2D eigenvalue weighted by atomic mass is 10.1. The SMILES string of the molecule is COC1CCCC1NCc1cc(Cl)ccc1O. The maximum Gasteiger partial charge on any atom is 0.120 e. The van der Waals surface area contributed by atoms with Gasteiger partial charge in [0.25, 0.3) is 0 Å². The number of phenols is 1. The average Bonchev–Trinajstić information content (AvgIpc) is 2.77. The Labute approximate surface area is 107 Å². The van der Waals surface area contributed by atoms with Crippen molar-refractivity contribution in [2.75, 3.05) is 7.11 Å². The Morgan fingerprint density at radius 3 is 3.06 bits per heavy atom. The van der Waals surface area contributed by atoms with E-state index in [1.807, 2.05) is 0 Å². The van der Waals surface area contributed by atoms with E-state index >= 15 is 0 Å². The van der Waals surface area contributed by atoms with E-state index in [2.05, 4.69) is 5.32 Å². The molecule has 0 saturated heterocycles. The van der Waals surface area contributed by atoms with E-state index in [1.54, 1.807) is 25.3 Å². The van der Waals surface area contributed by atoms with Crippen LogP contribution in [0, 0.1) is 0 Å². The van der Waals surface area contributed by atoms with Gasteiger partial charge < -0.3 is 15.2 Å². The van der Waals surface area contributed by atoms with E-state index in [-0.39, 0.29) is 11.9 Å². The third kappa shape index (κ3) is 3.12. The minimum atomic E-state index is 0.286. The summed E-state index contributed by atoms with van der Waals surface area (Å²) < 4.78 is 5.42. The molecule has 1 saturated carbocycles. The summed E-state index contributed by atoms with van der Waals surface area (Å²) in [6, 6.07) is 5.48. The highest BCUT2D eigenvalue weighted by atomic mass is 35.5. The zero-order valence-electron chi connectivity index (χ0n) is 9.95. The summed E-state index contributed by atoms with van der Waals surface area (Å²) in [5, 5.41) is 13.8. The molecule has 0 bridgehead atoms. The first-order valence-electron chi connectivity index (χ1n) is 5.94. The standard InChI is InChI=1S/C13H18ClNO2/c1-17-13-4-2-3-11(13)15-8-9-7-10(14)5-6-12(9)16/h5-7,11,13,15-16H,2-4,8H2,1H3. The number of benzene rings is 1. The van der Waals surface area contributed by atoms with Crippen molar-refractivity contribution in [1.82, 2.24) is 5.32 Å². The van der Waals surface area contributed by atoms with E-state index in [1.165, 1.54) is 6.42 Å². The van der Waals surface area contributed by atoms with Gasteiger partial charge in [0.2, 0.25) is 0 Å². The molecule has 2 unspecified atom stereocenters. The van der Waals surface area contributed by atoms with Gasteiger partial charge in [0, 0.05) is 30.3 Å². The Balaban J connectivity index is 1.95. The van der Waals surface area contributed by atoms with Crippen molar-refractivity contribution >= 4 is 11.6 Å². The number of nitrogens with one attached hydrogen (secondary N) is 1. The fourth-order valence-corrected chi connectivity index (χ4v) is 2.57. The number of phenolic OH excluding ortho intramolecular Hbond substituents is 1. The number of hydrogen-bond donors (Lipinski definition) is 2. The Hall–Kier alpha value is -0.770. The van der Waals surface area contributed by atoms with Gasteiger partial charge in [0.1, 0.15) is 5.75 Å². The van der Waals surface area contributed by atoms with Crippen LogP contribution in [-0.4, -0.2) is 24.4 Å². The van der Waals surface area contributed by atoms with Crippen molar-refractivity contribution in [3.05, 3.63) is 28.8 Å². The van der Waals surface area contributed by atoms with Crippen LogP contribution < -0.4 is 5.32 Å². The Morgan fingerprint density at radius 1 is 1.47 bits per heavy atom. The maximum absolute atomic E-state index is 9.70. The van der Waals surface area contributed by atoms with Crippen molar-refractivity contribution in [2.45, 2.75) is 38.0 Å². The summed E-state index contributed by atoms with van der Waals surface area (Å²) in [7, 11) is 1.75. The molecular formula is C13H18ClNO2. The molecule has 0 heterocycles. The summed E-state index contributed by atoms with van der Waals surface area (Å²) in [5.41, 5.74) is 0.833. The lowest BCUT2D eigenvalue weighted by Crippen LogP contribution is -2.36. The lowest BCUT2D eigenvalue weighted by Gasteiger charge is -2.20. The fourth-order valence-electron chi connectivity index (χ4n) is 2.38. The normalized spacial score (nSPS) is 24.1. The average molecular weight is 256 g/mol. The van der Waals surface area contributed by atoms with Crippen molar-refractivity contribution in [3.8, 4) is 5.75 Å². The van der Waals surface area contributed by atoms with Gasteiger partial charge in [-0.15, -0.1) is 0 Å². The molecule has 2 atom stereocenters. The van der Waals surface area contributed by atoms with Crippen LogP contribution in [0.1, 0.15) is 24.8 Å². The van der Waals surface area contributed by atoms with E-state index in [0.717, 1.165) is 18.4 Å². The van der Waals surface area contributed by atoms with Gasteiger partial charge in [0.15, 0.2) is 0 Å². The second-order valence-electron chi connectivity index (χ2n) is 4.47. The molecule has 3 nitrogen and oxygen atoms in total. The Bertz CT molecular complexity index is 384. The molecule has 1 aliphatic carbocycles. The highest BCUT2D eigenvalue weighted by Gasteiger charge is 2.26. The molecule has 0 radical (unpaired) electrons. The number of hydrogen-bond acceptors (Lipinski definition) is 3. The zero-order valence-corrected chi connectivity index (χ0v) is 10.7. The first-order valence-corrected chi connectivity index (χ1v) is 6.32. The number of rotatable bonds is 4. The second kappa shape index (κ2) is 5.71. The number of methoxy groups -OCH3 is 1. The van der Waals surface area contributed by atoms with E-state index in [4.69, 9.17) is 16.3 Å². The van der Waals surface area contributed by atoms with Crippen molar-refractivity contribution in [1.29, 1.82) is 0 Å². The number of halogens is 1. The molecular weight excluding hydrogens is 238 g/mol. The zero-order chi connectivity index (χ0) is 12.3. The summed E-state index contributed by atoms with van der Waals surface area (Å²) in [4.78, 5) is 0. The topological polar surface area (TPSA) is 41.5 Å². The summed E-state index contributed by atoms with van der Waals surface area (Å²) >= 11 is 5.90. The van der Waals surface area contributed by atoms with Gasteiger partial charge >= 0.3 is 0 Å². The summed E-state index contributed by atoms with van der Waals surface area (Å²) in [6.45, 7) is 0.622. The highest BCUT2D eigenvalue weighted by molar-refractivity contribution is 6.30. The van der Waals surface area contributed by atoms with Crippen LogP contribution in [0.25, 0.3) is 0 Å². The van der Waals surface area contributed by atoms with Crippen molar-refractivity contribution < 1.29 is 9.84 Å². The minimum Gasteiger partial charge on any atom is -0.508 e. The lowest BCUT2D eigenvalue weighted by molar-refractivity contribution is 0.0846. The molecule has 2 N–H and O–H groups in total. The van der Waals surface area contributed by atoms with Crippen LogP contribution >= 0.6 is 11.6 Å². The molecule has 17 heavy (non-hydrogen) atoms. The molecule has 0 spiro atoms. The van der Waals surface area contributed by atoms with E-state index in [9.17, 15) is 5.11 Å². The smallest absolute Gasteiger partial charge is 0.120 e. The van der Waals surface area contributed by atoms with Crippen LogP contribution in [0.15, 0.2) is 18.2 Å². The quantitative estimate of drug-likeness (QED) is 0.869. The van der Waals surface area contributed by atoms with Gasteiger partial charge in [-0.2, -0.15) is 0 Å². The Kier molecular flexibility index (Phi) is 4.26. The van der Waals surface area contributed by atoms with Gasteiger partial charge in [-0.3, -0.25) is 0 Å². The molecule has 2 rings (SSSR count). The minimum absolute atomic E-state index is 0.286. The van der Waals surface area contributed by atoms with Crippen LogP contribution in [0.2, 0.25) is 5.02 Å². The molecule has 0 amide bonds. The molecule has 1 aromatic rings. The molecule has 4 heteroatoms. The van der Waals surface area contributed by atoms with Gasteiger partial charge in [-0.25, -0.2) is 0 Å². The molecule has 1 aliphatic rings. The first kappa shape index (κ1) is 12.7. The molecule has 1 aromatic carbocycles. The molecule has 94 valence electrons. The summed E-state index contributed by atoms with van der Waals surface area (Å²) in [5.74, 6) is 0.286. The predicted molar refractivity (Wildman–Crippen MR) is 68.4 cm³/mol. The maximum atomic E-state index is 9.70. The monoisotopic (exact) mass is 255 g/mol. The van der Waals surface area contributed by atoms with Crippen LogP contribution in [-0.2, 0) is 11.3 Å². The van der Waals surface area contributed by atoms with E-state index in [0.29, 0.717) is 17.6 Å². The van der Waals surface area contributed by atoms with Crippen LogP contribution in [0.4, 0.5) is 0 Å². The number of ether oxygens (including phenoxy) is 1. The van der Waals surface area contributed by atoms with Gasteiger partial charge in [0.05, 0.1) is 6.10 Å². The Morgan fingerprint density at radius 2 is 2.29 bits per heavy atom.